The van der Waals surface area contributed by atoms with Crippen molar-refractivity contribution >= 4 is 28.1 Å². The Balaban J connectivity index is 1.41. The fraction of sp³-hybridized carbons (Fsp3) is 0.292. The number of carbonyl (C=O) groups is 1. The van der Waals surface area contributed by atoms with Crippen LogP contribution in [-0.4, -0.2) is 49.6 Å². The van der Waals surface area contributed by atoms with Crippen LogP contribution >= 0.6 is 0 Å². The predicted octanol–water partition coefficient (Wildman–Crippen LogP) is 4.22. The van der Waals surface area contributed by atoms with Gasteiger partial charge in [-0.2, -0.15) is 0 Å². The highest BCUT2D eigenvalue weighted by Crippen LogP contribution is 2.32. The Morgan fingerprint density at radius 2 is 1.87 bits per heavy atom. The second-order valence-electron chi connectivity index (χ2n) is 7.53. The van der Waals surface area contributed by atoms with Crippen LogP contribution in [-0.2, 0) is 4.79 Å². The number of hydrogen-bond donors (Lipinski definition) is 2. The maximum absolute atomic E-state index is 12.6. The molecule has 0 bridgehead atoms. The number of aromatic amines is 1. The number of methoxy groups -OCH3 is 2. The summed E-state index contributed by atoms with van der Waals surface area (Å²) >= 11 is 0. The van der Waals surface area contributed by atoms with Crippen molar-refractivity contribution in [3.8, 4) is 11.5 Å². The first-order valence-electron chi connectivity index (χ1n) is 10.1. The lowest BCUT2D eigenvalue weighted by Crippen LogP contribution is -2.36. The van der Waals surface area contributed by atoms with E-state index < -0.39 is 0 Å². The summed E-state index contributed by atoms with van der Waals surface area (Å²) in [6.45, 7) is 4.07. The van der Waals surface area contributed by atoms with Gasteiger partial charge in [0, 0.05) is 59.1 Å². The number of hydrogen-bond acceptors (Lipinski definition) is 4. The first kappa shape index (κ1) is 20.0. The van der Waals surface area contributed by atoms with E-state index >= 15 is 0 Å². The molecule has 0 radical (unpaired) electrons. The summed E-state index contributed by atoms with van der Waals surface area (Å²) in [5.41, 5.74) is 5.68. The number of nitrogens with one attached hydrogen (secondary N) is 2. The van der Waals surface area contributed by atoms with Crippen molar-refractivity contribution in [3.63, 3.8) is 0 Å². The van der Waals surface area contributed by atoms with Crippen LogP contribution in [0.1, 0.15) is 17.7 Å². The second-order valence-corrected chi connectivity index (χ2v) is 7.53. The number of aryl methyl sites for hydroxylation is 1. The van der Waals surface area contributed by atoms with E-state index in [4.69, 9.17) is 9.47 Å². The Bertz CT molecular complexity index is 1080. The number of fused-ring (bicyclic) bond motifs is 1. The molecular formula is C24H27N3O3. The number of H-pyrrole nitrogens is 1. The van der Waals surface area contributed by atoms with Crippen LogP contribution in [0.4, 0.5) is 5.69 Å². The zero-order chi connectivity index (χ0) is 21.1. The Kier molecular flexibility index (Phi) is 5.77. The molecule has 2 heterocycles. The van der Waals surface area contributed by atoms with Crippen LogP contribution in [0.2, 0.25) is 0 Å². The molecule has 0 aliphatic carbocycles. The lowest BCUT2D eigenvalue weighted by molar-refractivity contribution is -0.117. The number of nitrogens with zero attached hydrogens (tertiary/aromatic N) is 1. The summed E-state index contributed by atoms with van der Waals surface area (Å²) in [6.07, 6.45) is 3.16. The van der Waals surface area contributed by atoms with Gasteiger partial charge in [-0.15, -0.1) is 0 Å². The summed E-state index contributed by atoms with van der Waals surface area (Å²) in [5.74, 6) is 1.24. The van der Waals surface area contributed by atoms with Crippen molar-refractivity contribution in [3.05, 3.63) is 59.8 Å². The third-order valence-electron chi connectivity index (χ3n) is 5.51. The fourth-order valence-electron chi connectivity index (χ4n) is 4.06. The smallest absolute Gasteiger partial charge is 0.238 e. The van der Waals surface area contributed by atoms with E-state index in [0.29, 0.717) is 23.7 Å². The number of amides is 1. The molecule has 2 aromatic carbocycles. The Morgan fingerprint density at radius 1 is 1.13 bits per heavy atom. The van der Waals surface area contributed by atoms with Crippen LogP contribution in [0, 0.1) is 6.92 Å². The van der Waals surface area contributed by atoms with E-state index in [0.717, 1.165) is 19.5 Å². The van der Waals surface area contributed by atoms with Gasteiger partial charge in [0.25, 0.3) is 0 Å². The van der Waals surface area contributed by atoms with Gasteiger partial charge in [-0.05, 0) is 25.0 Å². The van der Waals surface area contributed by atoms with Crippen molar-refractivity contribution in [2.45, 2.75) is 13.3 Å². The maximum atomic E-state index is 12.6. The zero-order valence-corrected chi connectivity index (χ0v) is 17.6. The topological polar surface area (TPSA) is 66.6 Å². The second kappa shape index (κ2) is 8.63. The molecule has 6 heteroatoms. The maximum Gasteiger partial charge on any atom is 0.238 e. The van der Waals surface area contributed by atoms with Gasteiger partial charge in [-0.3, -0.25) is 9.69 Å². The molecule has 6 nitrogen and oxygen atoms in total. The predicted molar refractivity (Wildman–Crippen MR) is 120 cm³/mol. The number of aromatic nitrogens is 1. The van der Waals surface area contributed by atoms with Gasteiger partial charge in [0.1, 0.15) is 11.5 Å². The Hall–Kier alpha value is -3.25. The molecule has 1 aromatic heterocycles. The highest BCUT2D eigenvalue weighted by atomic mass is 16.5. The van der Waals surface area contributed by atoms with E-state index in [1.54, 1.807) is 32.4 Å². The highest BCUT2D eigenvalue weighted by molar-refractivity contribution is 5.95. The largest absolute Gasteiger partial charge is 0.497 e. The number of ether oxygens (including phenoxy) is 2. The molecule has 30 heavy (non-hydrogen) atoms. The molecule has 1 amide bonds. The SMILES string of the molecule is COc1cc(NC(=O)CN2CC=C(c3c(C)[nH]c4ccccc34)CC2)cc(OC)c1. The molecule has 3 aromatic rings. The summed E-state index contributed by atoms with van der Waals surface area (Å²) in [4.78, 5) is 18.2. The standard InChI is InChI=1S/C24H27N3O3/c1-16-24(21-6-4-5-7-22(21)25-16)17-8-10-27(11-9-17)15-23(28)26-18-12-19(29-2)14-20(13-18)30-3/h4-8,12-14,25H,9-11,15H2,1-3H3,(H,26,28). The average molecular weight is 405 g/mol. The van der Waals surface area contributed by atoms with E-state index in [1.807, 2.05) is 0 Å². The van der Waals surface area contributed by atoms with Gasteiger partial charge in [-0.1, -0.05) is 24.3 Å². The summed E-state index contributed by atoms with van der Waals surface area (Å²) < 4.78 is 10.5. The average Bonchev–Trinajstić information content (AvgIpc) is 3.09. The van der Waals surface area contributed by atoms with Gasteiger partial charge in [-0.25, -0.2) is 0 Å². The molecule has 4 rings (SSSR count). The molecule has 0 spiro atoms. The molecule has 1 aliphatic rings. The zero-order valence-electron chi connectivity index (χ0n) is 17.6. The first-order valence-corrected chi connectivity index (χ1v) is 10.1. The van der Waals surface area contributed by atoms with Crippen molar-refractivity contribution < 1.29 is 14.3 Å². The van der Waals surface area contributed by atoms with Gasteiger partial charge in [0.2, 0.25) is 5.91 Å². The van der Waals surface area contributed by atoms with Gasteiger partial charge in [0.15, 0.2) is 0 Å². The fourth-order valence-corrected chi connectivity index (χ4v) is 4.06. The lowest BCUT2D eigenvalue weighted by Gasteiger charge is -2.26. The molecule has 0 saturated carbocycles. The number of benzene rings is 2. The molecule has 1 aliphatic heterocycles. The lowest BCUT2D eigenvalue weighted by atomic mass is 9.97. The number of carbonyl (C=O) groups excluding carboxylic acids is 1. The number of anilines is 1. The molecule has 0 fully saturated rings. The minimum Gasteiger partial charge on any atom is -0.497 e. The van der Waals surface area contributed by atoms with Crippen molar-refractivity contribution in [2.24, 2.45) is 0 Å². The van der Waals surface area contributed by atoms with E-state index in [9.17, 15) is 4.79 Å². The molecule has 0 saturated heterocycles. The van der Waals surface area contributed by atoms with E-state index in [1.165, 1.54) is 27.7 Å². The minimum absolute atomic E-state index is 0.0505. The van der Waals surface area contributed by atoms with Gasteiger partial charge < -0.3 is 19.8 Å². The Labute approximate surface area is 176 Å². The van der Waals surface area contributed by atoms with Crippen LogP contribution in [0.5, 0.6) is 11.5 Å². The monoisotopic (exact) mass is 405 g/mol. The highest BCUT2D eigenvalue weighted by Gasteiger charge is 2.19. The van der Waals surface area contributed by atoms with Gasteiger partial charge in [0.05, 0.1) is 20.8 Å². The normalized spacial score (nSPS) is 14.4. The third-order valence-corrected chi connectivity index (χ3v) is 5.51. The summed E-state index contributed by atoms with van der Waals surface area (Å²) in [5, 5.41) is 4.21. The quantitative estimate of drug-likeness (QED) is 0.644. The Morgan fingerprint density at radius 3 is 2.53 bits per heavy atom. The minimum atomic E-state index is -0.0505. The van der Waals surface area contributed by atoms with Crippen molar-refractivity contribution in [2.75, 3.05) is 39.2 Å². The summed E-state index contributed by atoms with van der Waals surface area (Å²) in [7, 11) is 3.18. The van der Waals surface area contributed by atoms with Crippen LogP contribution in [0.25, 0.3) is 16.5 Å². The third kappa shape index (κ3) is 4.19. The molecule has 0 atom stereocenters. The summed E-state index contributed by atoms with van der Waals surface area (Å²) in [6, 6.07) is 13.8. The van der Waals surface area contributed by atoms with E-state index in [-0.39, 0.29) is 5.91 Å². The van der Waals surface area contributed by atoms with Crippen LogP contribution < -0.4 is 14.8 Å². The van der Waals surface area contributed by atoms with Gasteiger partial charge >= 0.3 is 0 Å². The molecular weight excluding hydrogens is 378 g/mol. The first-order chi connectivity index (χ1) is 14.6. The van der Waals surface area contributed by atoms with Crippen LogP contribution in [0.3, 0.4) is 0 Å². The molecule has 2 N–H and O–H groups in total. The molecule has 0 unspecified atom stereocenters. The van der Waals surface area contributed by atoms with Crippen LogP contribution in [0.15, 0.2) is 48.5 Å². The van der Waals surface area contributed by atoms with Crippen molar-refractivity contribution in [1.82, 2.24) is 9.88 Å². The number of rotatable bonds is 6. The van der Waals surface area contributed by atoms with E-state index in [2.05, 4.69) is 52.5 Å². The van der Waals surface area contributed by atoms with Crippen molar-refractivity contribution in [1.29, 1.82) is 0 Å². The number of para-hydroxylation sites is 1. The molecule has 156 valence electrons.